The van der Waals surface area contributed by atoms with Gasteiger partial charge in [0.05, 0.1) is 0 Å². The van der Waals surface area contributed by atoms with Crippen LogP contribution in [0.3, 0.4) is 0 Å². The monoisotopic (exact) mass is 357 g/mol. The lowest BCUT2D eigenvalue weighted by Crippen LogP contribution is -2.44. The maximum atomic E-state index is 13.9. The van der Waals surface area contributed by atoms with Crippen LogP contribution < -0.4 is 0 Å². The van der Waals surface area contributed by atoms with Gasteiger partial charge in [0.2, 0.25) is 0 Å². The highest BCUT2D eigenvalue weighted by atomic mass is 19.1. The standard InChI is InChI=1S/C22H16FN3O/c23-20-13-11-19(12-14-20)22(26-16-24-15-25-26,18-9-5-2-6-10-18)21(27)17-7-3-1-4-8-17/h1-16H. The molecule has 0 radical (unpaired) electrons. The van der Waals surface area contributed by atoms with Crippen molar-refractivity contribution in [1.82, 2.24) is 14.8 Å². The third-order valence-corrected chi connectivity index (χ3v) is 4.58. The zero-order valence-electron chi connectivity index (χ0n) is 14.4. The zero-order chi connectivity index (χ0) is 18.7. The first-order chi connectivity index (χ1) is 13.2. The molecule has 132 valence electrons. The molecule has 27 heavy (non-hydrogen) atoms. The average molecular weight is 357 g/mol. The maximum Gasteiger partial charge on any atom is 0.199 e. The first-order valence-electron chi connectivity index (χ1n) is 8.49. The molecule has 4 nitrogen and oxygen atoms in total. The largest absolute Gasteiger partial charge is 0.291 e. The molecule has 0 bridgehead atoms. The molecule has 0 saturated carbocycles. The van der Waals surface area contributed by atoms with Gasteiger partial charge >= 0.3 is 0 Å². The Morgan fingerprint density at radius 1 is 0.815 bits per heavy atom. The Morgan fingerprint density at radius 2 is 1.41 bits per heavy atom. The average Bonchev–Trinajstić information content (AvgIpc) is 3.26. The van der Waals surface area contributed by atoms with Crippen molar-refractivity contribution in [1.29, 1.82) is 0 Å². The van der Waals surface area contributed by atoms with Crippen molar-refractivity contribution < 1.29 is 9.18 Å². The fourth-order valence-corrected chi connectivity index (χ4v) is 3.35. The molecule has 5 heteroatoms. The number of carbonyl (C=O) groups excluding carboxylic acids is 1. The smallest absolute Gasteiger partial charge is 0.199 e. The second-order valence-corrected chi connectivity index (χ2v) is 6.12. The molecule has 0 aliphatic rings. The Balaban J connectivity index is 2.06. The first kappa shape index (κ1) is 16.8. The summed E-state index contributed by atoms with van der Waals surface area (Å²) in [5, 5.41) is 4.30. The van der Waals surface area contributed by atoms with Gasteiger partial charge in [0.1, 0.15) is 18.5 Å². The van der Waals surface area contributed by atoms with Gasteiger partial charge < -0.3 is 0 Å². The van der Waals surface area contributed by atoms with Gasteiger partial charge in [-0.3, -0.25) is 4.79 Å². The molecule has 4 rings (SSSR count). The van der Waals surface area contributed by atoms with Crippen molar-refractivity contribution in [3.05, 3.63) is 120 Å². The van der Waals surface area contributed by atoms with Gasteiger partial charge in [-0.25, -0.2) is 14.1 Å². The quantitative estimate of drug-likeness (QED) is 0.506. The number of Topliss-reactive ketones (excluding diaryl/α,β-unsaturated/α-hetero) is 1. The molecule has 0 saturated heterocycles. The van der Waals surface area contributed by atoms with E-state index in [4.69, 9.17) is 0 Å². The van der Waals surface area contributed by atoms with Crippen LogP contribution in [0, 0.1) is 5.82 Å². The van der Waals surface area contributed by atoms with Crippen molar-refractivity contribution in [2.24, 2.45) is 0 Å². The molecule has 0 aliphatic heterocycles. The molecule has 0 aliphatic carbocycles. The third kappa shape index (κ3) is 2.83. The number of rotatable bonds is 5. The lowest BCUT2D eigenvalue weighted by Gasteiger charge is -2.33. The topological polar surface area (TPSA) is 47.8 Å². The highest BCUT2D eigenvalue weighted by molar-refractivity contribution is 6.06. The van der Waals surface area contributed by atoms with Gasteiger partial charge in [-0.1, -0.05) is 72.8 Å². The Labute approximate surface area is 155 Å². The SMILES string of the molecule is O=C(c1ccccc1)C(c1ccccc1)(c1ccc(F)cc1)n1cncn1. The zero-order valence-corrected chi connectivity index (χ0v) is 14.4. The molecule has 1 atom stereocenters. The maximum absolute atomic E-state index is 13.9. The summed E-state index contributed by atoms with van der Waals surface area (Å²) in [6.45, 7) is 0. The van der Waals surface area contributed by atoms with Gasteiger partial charge in [0, 0.05) is 5.56 Å². The van der Waals surface area contributed by atoms with Crippen LogP contribution in [0.1, 0.15) is 21.5 Å². The summed E-state index contributed by atoms with van der Waals surface area (Å²) in [6.07, 6.45) is 2.90. The minimum Gasteiger partial charge on any atom is -0.291 e. The highest BCUT2D eigenvalue weighted by Crippen LogP contribution is 2.37. The normalized spacial score (nSPS) is 13.1. The summed E-state index contributed by atoms with van der Waals surface area (Å²) < 4.78 is 15.2. The Hall–Kier alpha value is -3.60. The lowest BCUT2D eigenvalue weighted by atomic mass is 9.77. The molecule has 0 fully saturated rings. The number of ketones is 1. The summed E-state index contributed by atoms with van der Waals surface area (Å²) in [6, 6.07) is 24.3. The predicted molar refractivity (Wildman–Crippen MR) is 99.8 cm³/mol. The minimum absolute atomic E-state index is 0.175. The van der Waals surface area contributed by atoms with E-state index in [9.17, 15) is 9.18 Å². The predicted octanol–water partition coefficient (Wildman–Crippen LogP) is 4.09. The second kappa shape index (κ2) is 6.96. The van der Waals surface area contributed by atoms with Crippen molar-refractivity contribution >= 4 is 5.78 Å². The van der Waals surface area contributed by atoms with E-state index in [0.717, 1.165) is 5.56 Å². The van der Waals surface area contributed by atoms with Crippen molar-refractivity contribution in [3.8, 4) is 0 Å². The van der Waals surface area contributed by atoms with Gasteiger partial charge in [0.25, 0.3) is 0 Å². The van der Waals surface area contributed by atoms with Gasteiger partial charge in [-0.15, -0.1) is 0 Å². The van der Waals surface area contributed by atoms with Gasteiger partial charge in [-0.2, -0.15) is 5.10 Å². The summed E-state index contributed by atoms with van der Waals surface area (Å²) >= 11 is 0. The number of hydrogen-bond acceptors (Lipinski definition) is 3. The van der Waals surface area contributed by atoms with Crippen LogP contribution in [0.5, 0.6) is 0 Å². The second-order valence-electron chi connectivity index (χ2n) is 6.12. The fraction of sp³-hybridized carbons (Fsp3) is 0.0455. The van der Waals surface area contributed by atoms with Crippen LogP contribution in [0.2, 0.25) is 0 Å². The molecule has 4 aromatic rings. The first-order valence-corrected chi connectivity index (χ1v) is 8.49. The van der Waals surface area contributed by atoms with E-state index < -0.39 is 5.54 Å². The Bertz CT molecular complexity index is 1030. The molecular weight excluding hydrogens is 341 g/mol. The number of benzene rings is 3. The van der Waals surface area contributed by atoms with E-state index in [1.807, 2.05) is 48.5 Å². The molecule has 0 amide bonds. The van der Waals surface area contributed by atoms with Gasteiger partial charge in [0.15, 0.2) is 11.3 Å². The Morgan fingerprint density at radius 3 is 2.00 bits per heavy atom. The van der Waals surface area contributed by atoms with Crippen LogP contribution in [-0.4, -0.2) is 20.5 Å². The number of halogens is 1. The molecule has 3 aromatic carbocycles. The van der Waals surface area contributed by atoms with E-state index in [2.05, 4.69) is 10.1 Å². The third-order valence-electron chi connectivity index (χ3n) is 4.58. The van der Waals surface area contributed by atoms with E-state index in [0.29, 0.717) is 11.1 Å². The molecule has 1 aromatic heterocycles. The van der Waals surface area contributed by atoms with E-state index in [1.54, 1.807) is 24.3 Å². The van der Waals surface area contributed by atoms with Crippen molar-refractivity contribution in [2.75, 3.05) is 0 Å². The molecular formula is C22H16FN3O. The van der Waals surface area contributed by atoms with Crippen molar-refractivity contribution in [3.63, 3.8) is 0 Å². The van der Waals surface area contributed by atoms with Crippen LogP contribution in [0.15, 0.2) is 97.6 Å². The summed E-state index contributed by atoms with van der Waals surface area (Å²) in [5.41, 5.74) is 0.555. The molecule has 0 spiro atoms. The Kier molecular flexibility index (Phi) is 4.34. The number of carbonyl (C=O) groups is 1. The number of aromatic nitrogens is 3. The molecule has 1 heterocycles. The van der Waals surface area contributed by atoms with Crippen LogP contribution in [0.4, 0.5) is 4.39 Å². The molecule has 1 unspecified atom stereocenters. The van der Waals surface area contributed by atoms with E-state index >= 15 is 0 Å². The van der Waals surface area contributed by atoms with Crippen LogP contribution >= 0.6 is 0 Å². The summed E-state index contributed by atoms with van der Waals surface area (Å²) in [5.74, 6) is -0.544. The highest BCUT2D eigenvalue weighted by Gasteiger charge is 2.45. The van der Waals surface area contributed by atoms with Crippen molar-refractivity contribution in [2.45, 2.75) is 5.54 Å². The molecule has 0 N–H and O–H groups in total. The van der Waals surface area contributed by atoms with Gasteiger partial charge in [-0.05, 0) is 23.3 Å². The lowest BCUT2D eigenvalue weighted by molar-refractivity contribution is 0.0878. The summed E-state index contributed by atoms with van der Waals surface area (Å²) in [4.78, 5) is 17.9. The van der Waals surface area contributed by atoms with E-state index in [-0.39, 0.29) is 11.6 Å². The number of nitrogens with zero attached hydrogens (tertiary/aromatic N) is 3. The number of hydrogen-bond donors (Lipinski definition) is 0. The fourth-order valence-electron chi connectivity index (χ4n) is 3.35. The van der Waals surface area contributed by atoms with Crippen LogP contribution in [-0.2, 0) is 5.54 Å². The van der Waals surface area contributed by atoms with E-state index in [1.165, 1.54) is 29.5 Å². The minimum atomic E-state index is -1.30. The van der Waals surface area contributed by atoms with Crippen LogP contribution in [0.25, 0.3) is 0 Å². The summed E-state index contributed by atoms with van der Waals surface area (Å²) in [7, 11) is 0.